The second-order valence-electron chi connectivity index (χ2n) is 2.01. The summed E-state index contributed by atoms with van der Waals surface area (Å²) in [6.07, 6.45) is 1.47. The lowest BCUT2D eigenvalue weighted by Gasteiger charge is -1.95. The van der Waals surface area contributed by atoms with E-state index in [4.69, 9.17) is 5.11 Å². The molecule has 1 heterocycles. The van der Waals surface area contributed by atoms with Crippen LogP contribution in [-0.4, -0.2) is 16.1 Å². The van der Waals surface area contributed by atoms with Gasteiger partial charge in [0, 0.05) is 11.9 Å². The minimum Gasteiger partial charge on any atom is -0.477 e. The molecule has 1 aromatic rings. The van der Waals surface area contributed by atoms with Crippen LogP contribution >= 0.6 is 12.6 Å². The van der Waals surface area contributed by atoms with E-state index in [-0.39, 0.29) is 5.69 Å². The molecule has 0 radical (unpaired) electrons. The van der Waals surface area contributed by atoms with Crippen molar-refractivity contribution in [3.05, 3.63) is 29.6 Å². The molecule has 4 heteroatoms. The predicted molar refractivity (Wildman–Crippen MR) is 43.9 cm³/mol. The van der Waals surface area contributed by atoms with E-state index in [2.05, 4.69) is 17.6 Å². The van der Waals surface area contributed by atoms with Crippen molar-refractivity contribution in [2.75, 3.05) is 0 Å². The molecule has 1 rings (SSSR count). The van der Waals surface area contributed by atoms with E-state index in [9.17, 15) is 4.79 Å². The van der Waals surface area contributed by atoms with Crippen LogP contribution in [0.1, 0.15) is 16.1 Å². The topological polar surface area (TPSA) is 50.2 Å². The van der Waals surface area contributed by atoms with Crippen molar-refractivity contribution in [3.63, 3.8) is 0 Å². The van der Waals surface area contributed by atoms with Crippen molar-refractivity contribution in [2.24, 2.45) is 0 Å². The third-order valence-electron chi connectivity index (χ3n) is 1.23. The summed E-state index contributed by atoms with van der Waals surface area (Å²) in [6.45, 7) is 0. The minimum atomic E-state index is -1.01. The van der Waals surface area contributed by atoms with E-state index in [0.717, 1.165) is 5.56 Å². The van der Waals surface area contributed by atoms with Gasteiger partial charge in [-0.15, -0.1) is 0 Å². The Kier molecular flexibility index (Phi) is 2.48. The SMILES string of the molecule is O=C(O)c1cc(CS)ccn1. The van der Waals surface area contributed by atoms with Crippen molar-refractivity contribution in [1.29, 1.82) is 0 Å². The van der Waals surface area contributed by atoms with Gasteiger partial charge < -0.3 is 5.11 Å². The van der Waals surface area contributed by atoms with Gasteiger partial charge >= 0.3 is 5.97 Å². The molecule has 0 saturated heterocycles. The average Bonchev–Trinajstić information content (AvgIpc) is 2.05. The van der Waals surface area contributed by atoms with Crippen LogP contribution in [0.5, 0.6) is 0 Å². The molecule has 0 aliphatic rings. The van der Waals surface area contributed by atoms with Crippen molar-refractivity contribution in [2.45, 2.75) is 5.75 Å². The summed E-state index contributed by atoms with van der Waals surface area (Å²) in [7, 11) is 0. The van der Waals surface area contributed by atoms with Gasteiger partial charge in [0.05, 0.1) is 0 Å². The Bertz CT molecular complexity index is 275. The maximum Gasteiger partial charge on any atom is 0.354 e. The van der Waals surface area contributed by atoms with E-state index in [1.54, 1.807) is 6.07 Å². The molecule has 1 N–H and O–H groups in total. The van der Waals surface area contributed by atoms with Crippen molar-refractivity contribution < 1.29 is 9.90 Å². The van der Waals surface area contributed by atoms with Gasteiger partial charge in [-0.2, -0.15) is 12.6 Å². The Morgan fingerprint density at radius 2 is 2.45 bits per heavy atom. The van der Waals surface area contributed by atoms with Crippen molar-refractivity contribution >= 4 is 18.6 Å². The highest BCUT2D eigenvalue weighted by atomic mass is 32.1. The van der Waals surface area contributed by atoms with Crippen LogP contribution in [0.2, 0.25) is 0 Å². The lowest BCUT2D eigenvalue weighted by Crippen LogP contribution is -1.99. The minimum absolute atomic E-state index is 0.0663. The lowest BCUT2D eigenvalue weighted by molar-refractivity contribution is 0.0690. The second kappa shape index (κ2) is 3.39. The number of carboxylic acids is 1. The van der Waals surface area contributed by atoms with E-state index >= 15 is 0 Å². The van der Waals surface area contributed by atoms with Crippen LogP contribution in [0.25, 0.3) is 0 Å². The molecular weight excluding hydrogens is 162 g/mol. The van der Waals surface area contributed by atoms with Gasteiger partial charge in [0.1, 0.15) is 5.69 Å². The molecule has 0 atom stereocenters. The Labute approximate surface area is 69.5 Å². The summed E-state index contributed by atoms with van der Waals surface area (Å²) < 4.78 is 0. The lowest BCUT2D eigenvalue weighted by atomic mass is 10.2. The Morgan fingerprint density at radius 1 is 1.73 bits per heavy atom. The number of aromatic carboxylic acids is 1. The van der Waals surface area contributed by atoms with Gasteiger partial charge in [0.15, 0.2) is 0 Å². The Morgan fingerprint density at radius 3 is 3.00 bits per heavy atom. The van der Waals surface area contributed by atoms with Crippen LogP contribution in [0.15, 0.2) is 18.3 Å². The number of carbonyl (C=O) groups is 1. The summed E-state index contributed by atoms with van der Waals surface area (Å²) >= 11 is 4.01. The molecular formula is C7H7NO2S. The molecule has 0 amide bonds. The molecule has 0 bridgehead atoms. The summed E-state index contributed by atoms with van der Waals surface area (Å²) in [6, 6.07) is 3.24. The van der Waals surface area contributed by atoms with Crippen LogP contribution in [0.4, 0.5) is 0 Å². The summed E-state index contributed by atoms with van der Waals surface area (Å²) in [5.74, 6) is -0.475. The van der Waals surface area contributed by atoms with E-state index in [1.807, 2.05) is 0 Å². The summed E-state index contributed by atoms with van der Waals surface area (Å²) in [4.78, 5) is 14.0. The number of nitrogens with zero attached hydrogens (tertiary/aromatic N) is 1. The molecule has 0 aliphatic carbocycles. The van der Waals surface area contributed by atoms with Crippen molar-refractivity contribution in [3.8, 4) is 0 Å². The number of hydrogen-bond donors (Lipinski definition) is 2. The molecule has 0 unspecified atom stereocenters. The fourth-order valence-electron chi connectivity index (χ4n) is 0.690. The molecule has 0 saturated carbocycles. The Balaban J connectivity index is 3.01. The largest absolute Gasteiger partial charge is 0.477 e. The highest BCUT2D eigenvalue weighted by Crippen LogP contribution is 2.03. The monoisotopic (exact) mass is 169 g/mol. The van der Waals surface area contributed by atoms with Crippen LogP contribution in [0.3, 0.4) is 0 Å². The molecule has 0 aliphatic heterocycles. The third kappa shape index (κ3) is 1.94. The summed E-state index contributed by atoms with van der Waals surface area (Å²) in [5.41, 5.74) is 0.928. The first-order chi connectivity index (χ1) is 5.24. The molecule has 11 heavy (non-hydrogen) atoms. The first-order valence-corrected chi connectivity index (χ1v) is 3.66. The summed E-state index contributed by atoms with van der Waals surface area (Å²) in [5, 5.41) is 8.52. The number of hydrogen-bond acceptors (Lipinski definition) is 3. The molecule has 0 fully saturated rings. The van der Waals surface area contributed by atoms with Gasteiger partial charge in [-0.3, -0.25) is 0 Å². The zero-order valence-corrected chi connectivity index (χ0v) is 6.58. The maximum atomic E-state index is 10.4. The van der Waals surface area contributed by atoms with Gasteiger partial charge in [-0.25, -0.2) is 9.78 Å². The first kappa shape index (κ1) is 8.07. The average molecular weight is 169 g/mol. The normalized spacial score (nSPS) is 9.55. The van der Waals surface area contributed by atoms with E-state index in [0.29, 0.717) is 5.75 Å². The highest BCUT2D eigenvalue weighted by Gasteiger charge is 2.02. The zero-order chi connectivity index (χ0) is 8.27. The standard InChI is InChI=1S/C7H7NO2S/c9-7(10)6-3-5(4-11)1-2-8-6/h1-3,11H,4H2,(H,9,10). The van der Waals surface area contributed by atoms with Crippen LogP contribution < -0.4 is 0 Å². The van der Waals surface area contributed by atoms with Crippen LogP contribution in [-0.2, 0) is 5.75 Å². The number of thiol groups is 1. The van der Waals surface area contributed by atoms with Crippen LogP contribution in [0, 0.1) is 0 Å². The van der Waals surface area contributed by atoms with Crippen molar-refractivity contribution in [1.82, 2.24) is 4.98 Å². The number of rotatable bonds is 2. The number of aromatic nitrogens is 1. The fourth-order valence-corrected chi connectivity index (χ4v) is 0.886. The fraction of sp³-hybridized carbons (Fsp3) is 0.143. The van der Waals surface area contributed by atoms with E-state index < -0.39 is 5.97 Å². The van der Waals surface area contributed by atoms with E-state index in [1.165, 1.54) is 12.3 Å². The first-order valence-electron chi connectivity index (χ1n) is 3.03. The quantitative estimate of drug-likeness (QED) is 0.654. The van der Waals surface area contributed by atoms with Gasteiger partial charge in [0.2, 0.25) is 0 Å². The molecule has 58 valence electrons. The highest BCUT2D eigenvalue weighted by molar-refractivity contribution is 7.79. The third-order valence-corrected chi connectivity index (χ3v) is 1.59. The molecule has 0 spiro atoms. The maximum absolute atomic E-state index is 10.4. The molecule has 1 aromatic heterocycles. The molecule has 3 nitrogen and oxygen atoms in total. The van der Waals surface area contributed by atoms with Gasteiger partial charge in [0.25, 0.3) is 0 Å². The number of pyridine rings is 1. The van der Waals surface area contributed by atoms with Gasteiger partial charge in [-0.1, -0.05) is 0 Å². The second-order valence-corrected chi connectivity index (χ2v) is 2.33. The zero-order valence-electron chi connectivity index (χ0n) is 5.69. The number of carboxylic acid groups (broad SMARTS) is 1. The predicted octanol–water partition coefficient (Wildman–Crippen LogP) is 1.21. The Hall–Kier alpha value is -1.03. The van der Waals surface area contributed by atoms with Gasteiger partial charge in [-0.05, 0) is 17.7 Å². The molecule has 0 aromatic carbocycles. The smallest absolute Gasteiger partial charge is 0.354 e.